The molecule has 0 aliphatic carbocycles. The molecule has 1 saturated heterocycles. The Labute approximate surface area is 118 Å². The molecule has 0 bridgehead atoms. The highest BCUT2D eigenvalue weighted by Crippen LogP contribution is 2.24. The first-order valence-electron chi connectivity index (χ1n) is 7.00. The molecule has 4 heteroatoms. The Morgan fingerprint density at radius 3 is 3.00 bits per heavy atom. The van der Waals surface area contributed by atoms with Gasteiger partial charge in [-0.1, -0.05) is 12.1 Å². The van der Waals surface area contributed by atoms with Crippen LogP contribution in [0.5, 0.6) is 0 Å². The summed E-state index contributed by atoms with van der Waals surface area (Å²) >= 11 is 1.79. The highest BCUT2D eigenvalue weighted by molar-refractivity contribution is 7.18. The molecular weight excluding hydrogens is 256 g/mol. The Morgan fingerprint density at radius 1 is 1.37 bits per heavy atom. The molecule has 2 heterocycles. The van der Waals surface area contributed by atoms with E-state index in [4.69, 9.17) is 9.72 Å². The zero-order chi connectivity index (χ0) is 13.1. The number of piperidine rings is 1. The summed E-state index contributed by atoms with van der Waals surface area (Å²) in [4.78, 5) is 4.72. The zero-order valence-corrected chi connectivity index (χ0v) is 12.1. The number of rotatable bonds is 4. The molecular formula is C15H20N2OS. The first-order valence-corrected chi connectivity index (χ1v) is 7.82. The summed E-state index contributed by atoms with van der Waals surface area (Å²) in [5.74, 6) is 0. The normalized spacial score (nSPS) is 17.1. The highest BCUT2D eigenvalue weighted by atomic mass is 32.1. The van der Waals surface area contributed by atoms with Gasteiger partial charge in [0.2, 0.25) is 0 Å². The standard InChI is InChI=1S/C15H20N2OS/c1-11-3-2-4-13-15(11)17-14(19-13)7-10-18-12-5-8-16-9-6-12/h2-4,12,16H,5-10H2,1H3. The zero-order valence-electron chi connectivity index (χ0n) is 11.3. The number of nitrogens with zero attached hydrogens (tertiary/aromatic N) is 1. The topological polar surface area (TPSA) is 34.1 Å². The minimum absolute atomic E-state index is 0.442. The van der Waals surface area contributed by atoms with Gasteiger partial charge in [-0.25, -0.2) is 4.98 Å². The van der Waals surface area contributed by atoms with Crippen molar-refractivity contribution in [3.05, 3.63) is 28.8 Å². The fraction of sp³-hybridized carbons (Fsp3) is 0.533. The first kappa shape index (κ1) is 13.0. The van der Waals surface area contributed by atoms with Crippen LogP contribution in [-0.4, -0.2) is 30.8 Å². The molecule has 0 atom stereocenters. The van der Waals surface area contributed by atoms with Crippen molar-refractivity contribution >= 4 is 21.6 Å². The van der Waals surface area contributed by atoms with E-state index in [1.807, 2.05) is 0 Å². The molecule has 1 fully saturated rings. The fourth-order valence-electron chi connectivity index (χ4n) is 2.51. The lowest BCUT2D eigenvalue weighted by Gasteiger charge is -2.22. The van der Waals surface area contributed by atoms with Crippen LogP contribution in [0.3, 0.4) is 0 Å². The van der Waals surface area contributed by atoms with Gasteiger partial charge in [0.1, 0.15) is 0 Å². The van der Waals surface area contributed by atoms with E-state index in [0.29, 0.717) is 6.10 Å². The van der Waals surface area contributed by atoms with Gasteiger partial charge >= 0.3 is 0 Å². The maximum Gasteiger partial charge on any atom is 0.0961 e. The Kier molecular flexibility index (Phi) is 4.11. The smallest absolute Gasteiger partial charge is 0.0961 e. The summed E-state index contributed by atoms with van der Waals surface area (Å²) in [6, 6.07) is 6.37. The van der Waals surface area contributed by atoms with Gasteiger partial charge in [-0.2, -0.15) is 0 Å². The van der Waals surface area contributed by atoms with Crippen LogP contribution in [0.15, 0.2) is 18.2 Å². The Morgan fingerprint density at radius 2 is 2.21 bits per heavy atom. The van der Waals surface area contributed by atoms with Crippen LogP contribution in [0.1, 0.15) is 23.4 Å². The number of hydrogen-bond acceptors (Lipinski definition) is 4. The van der Waals surface area contributed by atoms with Crippen molar-refractivity contribution in [2.24, 2.45) is 0 Å². The lowest BCUT2D eigenvalue weighted by atomic mass is 10.1. The second-order valence-corrected chi connectivity index (χ2v) is 6.21. The van der Waals surface area contributed by atoms with Gasteiger partial charge in [-0.3, -0.25) is 0 Å². The minimum Gasteiger partial charge on any atom is -0.378 e. The maximum atomic E-state index is 5.94. The third kappa shape index (κ3) is 3.14. The second-order valence-electron chi connectivity index (χ2n) is 5.10. The van der Waals surface area contributed by atoms with Gasteiger partial charge in [0.25, 0.3) is 0 Å². The molecule has 0 saturated carbocycles. The third-order valence-electron chi connectivity index (χ3n) is 3.62. The van der Waals surface area contributed by atoms with Crippen LogP contribution >= 0.6 is 11.3 Å². The molecule has 1 N–H and O–H groups in total. The van der Waals surface area contributed by atoms with E-state index in [-0.39, 0.29) is 0 Å². The summed E-state index contributed by atoms with van der Waals surface area (Å²) in [6.07, 6.45) is 3.65. The summed E-state index contributed by atoms with van der Waals surface area (Å²) in [7, 11) is 0. The van der Waals surface area contributed by atoms with E-state index in [0.717, 1.165) is 44.5 Å². The summed E-state index contributed by atoms with van der Waals surface area (Å²) in [5.41, 5.74) is 2.42. The van der Waals surface area contributed by atoms with Crippen LogP contribution in [0, 0.1) is 6.92 Å². The predicted octanol–water partition coefficient (Wildman–Crippen LogP) is 2.92. The number of nitrogens with one attached hydrogen (secondary N) is 1. The minimum atomic E-state index is 0.442. The van der Waals surface area contributed by atoms with Crippen molar-refractivity contribution in [2.45, 2.75) is 32.3 Å². The van der Waals surface area contributed by atoms with E-state index >= 15 is 0 Å². The number of benzene rings is 1. The van der Waals surface area contributed by atoms with Crippen LogP contribution in [0.4, 0.5) is 0 Å². The summed E-state index contributed by atoms with van der Waals surface area (Å²) in [6.45, 7) is 5.09. The van der Waals surface area contributed by atoms with E-state index < -0.39 is 0 Å². The Hall–Kier alpha value is -0.970. The summed E-state index contributed by atoms with van der Waals surface area (Å²) in [5, 5.41) is 4.55. The van der Waals surface area contributed by atoms with Crippen LogP contribution in [-0.2, 0) is 11.2 Å². The van der Waals surface area contributed by atoms with Crippen molar-refractivity contribution in [3.63, 3.8) is 0 Å². The molecule has 19 heavy (non-hydrogen) atoms. The molecule has 1 aliphatic rings. The molecule has 102 valence electrons. The largest absolute Gasteiger partial charge is 0.378 e. The molecule has 1 aromatic carbocycles. The molecule has 3 rings (SSSR count). The fourth-order valence-corrected chi connectivity index (χ4v) is 3.54. The van der Waals surface area contributed by atoms with Gasteiger partial charge in [0.15, 0.2) is 0 Å². The number of fused-ring (bicyclic) bond motifs is 1. The molecule has 1 aliphatic heterocycles. The predicted molar refractivity (Wildman–Crippen MR) is 79.9 cm³/mol. The number of thiazole rings is 1. The average Bonchev–Trinajstić information content (AvgIpc) is 2.84. The van der Waals surface area contributed by atoms with Crippen LogP contribution in [0.25, 0.3) is 10.2 Å². The molecule has 2 aromatic rings. The molecule has 0 amide bonds. The Balaban J connectivity index is 1.57. The van der Waals surface area contributed by atoms with Crippen molar-refractivity contribution in [1.82, 2.24) is 10.3 Å². The lowest BCUT2D eigenvalue weighted by Crippen LogP contribution is -2.32. The quantitative estimate of drug-likeness (QED) is 0.932. The first-order chi connectivity index (χ1) is 9.33. The van der Waals surface area contributed by atoms with Gasteiger partial charge in [0.05, 0.1) is 27.9 Å². The van der Waals surface area contributed by atoms with Crippen LogP contribution in [0.2, 0.25) is 0 Å². The number of aryl methyl sites for hydroxylation is 1. The van der Waals surface area contributed by atoms with Crippen molar-refractivity contribution in [3.8, 4) is 0 Å². The molecule has 0 unspecified atom stereocenters. The number of aromatic nitrogens is 1. The molecule has 1 aromatic heterocycles. The molecule has 3 nitrogen and oxygen atoms in total. The van der Waals surface area contributed by atoms with Crippen molar-refractivity contribution in [1.29, 1.82) is 0 Å². The van der Waals surface area contributed by atoms with E-state index in [9.17, 15) is 0 Å². The van der Waals surface area contributed by atoms with Crippen molar-refractivity contribution in [2.75, 3.05) is 19.7 Å². The second kappa shape index (κ2) is 5.99. The summed E-state index contributed by atoms with van der Waals surface area (Å²) < 4.78 is 7.23. The number of para-hydroxylation sites is 1. The SMILES string of the molecule is Cc1cccc2sc(CCOC3CCNCC3)nc12. The monoisotopic (exact) mass is 276 g/mol. The average molecular weight is 276 g/mol. The highest BCUT2D eigenvalue weighted by Gasteiger charge is 2.13. The lowest BCUT2D eigenvalue weighted by molar-refractivity contribution is 0.0349. The van der Waals surface area contributed by atoms with E-state index in [1.165, 1.54) is 15.3 Å². The Bertz CT molecular complexity index is 546. The third-order valence-corrected chi connectivity index (χ3v) is 4.70. The van der Waals surface area contributed by atoms with Gasteiger partial charge in [-0.15, -0.1) is 11.3 Å². The van der Waals surface area contributed by atoms with E-state index in [2.05, 4.69) is 30.4 Å². The number of ether oxygens (including phenoxy) is 1. The maximum absolute atomic E-state index is 5.94. The van der Waals surface area contributed by atoms with Gasteiger partial charge in [0, 0.05) is 6.42 Å². The van der Waals surface area contributed by atoms with E-state index in [1.54, 1.807) is 11.3 Å². The van der Waals surface area contributed by atoms with Crippen molar-refractivity contribution < 1.29 is 4.74 Å². The van der Waals surface area contributed by atoms with Gasteiger partial charge in [-0.05, 0) is 44.5 Å². The molecule has 0 spiro atoms. The molecule has 0 radical (unpaired) electrons. The number of hydrogen-bond donors (Lipinski definition) is 1. The van der Waals surface area contributed by atoms with Crippen LogP contribution < -0.4 is 5.32 Å². The van der Waals surface area contributed by atoms with Gasteiger partial charge < -0.3 is 10.1 Å².